The molecular formula is C13H11BrN4O2. The first kappa shape index (κ1) is 12.9. The molecule has 0 amide bonds. The Kier molecular flexibility index (Phi) is 2.86. The van der Waals surface area contributed by atoms with Crippen LogP contribution in [0.4, 0.5) is 0 Å². The lowest BCUT2D eigenvalue weighted by Crippen LogP contribution is -1.97. The van der Waals surface area contributed by atoms with Crippen LogP contribution >= 0.6 is 15.9 Å². The van der Waals surface area contributed by atoms with Crippen LogP contribution in [0.15, 0.2) is 22.9 Å². The number of carboxylic acid groups (broad SMARTS) is 1. The molecule has 3 rings (SSSR count). The number of aryl methyl sites for hydroxylation is 1. The van der Waals surface area contributed by atoms with E-state index in [-0.39, 0.29) is 5.56 Å². The molecule has 0 bridgehead atoms. The minimum Gasteiger partial charge on any atom is -0.478 e. The Morgan fingerprint density at radius 2 is 2.15 bits per heavy atom. The number of aromatic nitrogens is 4. The van der Waals surface area contributed by atoms with E-state index in [0.29, 0.717) is 5.95 Å². The molecule has 102 valence electrons. The number of imidazole rings is 1. The first-order chi connectivity index (χ1) is 9.47. The molecule has 0 aliphatic rings. The molecule has 0 unspecified atom stereocenters. The molecule has 0 saturated carbocycles. The van der Waals surface area contributed by atoms with E-state index in [1.54, 1.807) is 0 Å². The summed E-state index contributed by atoms with van der Waals surface area (Å²) in [6, 6.07) is 1.93. The summed E-state index contributed by atoms with van der Waals surface area (Å²) in [6.07, 6.45) is 2.72. The molecule has 20 heavy (non-hydrogen) atoms. The van der Waals surface area contributed by atoms with Crippen molar-refractivity contribution in [2.24, 2.45) is 0 Å². The molecule has 2 aromatic heterocycles. The lowest BCUT2D eigenvalue weighted by atomic mass is 10.1. The summed E-state index contributed by atoms with van der Waals surface area (Å²) in [6.45, 7) is 4.03. The number of halogens is 1. The van der Waals surface area contributed by atoms with E-state index in [4.69, 9.17) is 5.11 Å². The Hall–Kier alpha value is -2.15. The Morgan fingerprint density at radius 3 is 2.80 bits per heavy atom. The second-order valence-corrected chi connectivity index (χ2v) is 5.40. The summed E-state index contributed by atoms with van der Waals surface area (Å²) in [7, 11) is 0. The van der Waals surface area contributed by atoms with Crippen molar-refractivity contribution in [1.29, 1.82) is 0 Å². The molecule has 2 N–H and O–H groups in total. The van der Waals surface area contributed by atoms with Crippen LogP contribution in [0.5, 0.6) is 0 Å². The highest BCUT2D eigenvalue weighted by Gasteiger charge is 2.13. The number of carboxylic acids is 1. The summed E-state index contributed by atoms with van der Waals surface area (Å²) >= 11 is 3.50. The number of carbonyl (C=O) groups is 1. The molecule has 0 fully saturated rings. The Labute approximate surface area is 122 Å². The van der Waals surface area contributed by atoms with Crippen molar-refractivity contribution in [3.63, 3.8) is 0 Å². The zero-order valence-electron chi connectivity index (χ0n) is 10.8. The van der Waals surface area contributed by atoms with Crippen molar-refractivity contribution in [2.75, 3.05) is 0 Å². The molecule has 0 aliphatic carbocycles. The molecule has 0 spiro atoms. The zero-order valence-corrected chi connectivity index (χ0v) is 12.4. The van der Waals surface area contributed by atoms with Gasteiger partial charge in [-0.15, -0.1) is 0 Å². The van der Waals surface area contributed by atoms with E-state index in [2.05, 4.69) is 31.0 Å². The van der Waals surface area contributed by atoms with E-state index < -0.39 is 5.97 Å². The van der Waals surface area contributed by atoms with E-state index in [1.807, 2.05) is 19.9 Å². The van der Waals surface area contributed by atoms with Gasteiger partial charge >= 0.3 is 5.97 Å². The van der Waals surface area contributed by atoms with Gasteiger partial charge in [-0.2, -0.15) is 5.10 Å². The maximum atomic E-state index is 10.9. The Balaban J connectivity index is 2.17. The van der Waals surface area contributed by atoms with Crippen LogP contribution < -0.4 is 0 Å². The van der Waals surface area contributed by atoms with Gasteiger partial charge in [-0.1, -0.05) is 15.9 Å². The summed E-state index contributed by atoms with van der Waals surface area (Å²) in [5, 5.41) is 12.9. The lowest BCUT2D eigenvalue weighted by molar-refractivity contribution is 0.0697. The summed E-state index contributed by atoms with van der Waals surface area (Å²) in [5.41, 5.74) is 4.09. The van der Waals surface area contributed by atoms with Crippen LogP contribution in [-0.4, -0.2) is 30.8 Å². The molecule has 2 heterocycles. The molecule has 1 aromatic carbocycles. The van der Waals surface area contributed by atoms with Crippen molar-refractivity contribution in [3.05, 3.63) is 39.6 Å². The highest BCUT2D eigenvalue weighted by Crippen LogP contribution is 2.27. The van der Waals surface area contributed by atoms with Crippen molar-refractivity contribution >= 4 is 32.9 Å². The summed E-state index contributed by atoms with van der Waals surface area (Å²) < 4.78 is 2.42. The standard InChI is InChI=1S/C13H11BrN4O2/c1-6-7(2)11-10(3-9(6)14)16-13(17-11)18-5-8(4-15-18)12(19)20/h3-5H,1-2H3,(H,16,17)(H,19,20). The topological polar surface area (TPSA) is 83.8 Å². The number of H-pyrrole nitrogens is 1. The van der Waals surface area contributed by atoms with Gasteiger partial charge in [-0.25, -0.2) is 14.5 Å². The molecule has 3 aromatic rings. The monoisotopic (exact) mass is 334 g/mol. The van der Waals surface area contributed by atoms with E-state index in [1.165, 1.54) is 17.1 Å². The van der Waals surface area contributed by atoms with Crippen molar-refractivity contribution < 1.29 is 9.90 Å². The molecule has 6 nitrogen and oxygen atoms in total. The van der Waals surface area contributed by atoms with Gasteiger partial charge < -0.3 is 10.1 Å². The van der Waals surface area contributed by atoms with Crippen LogP contribution in [0.3, 0.4) is 0 Å². The number of benzene rings is 1. The molecule has 0 radical (unpaired) electrons. The largest absolute Gasteiger partial charge is 0.478 e. The predicted molar refractivity (Wildman–Crippen MR) is 77.3 cm³/mol. The molecular weight excluding hydrogens is 324 g/mol. The van der Waals surface area contributed by atoms with Gasteiger partial charge in [0.25, 0.3) is 0 Å². The number of hydrogen-bond donors (Lipinski definition) is 2. The van der Waals surface area contributed by atoms with Gasteiger partial charge in [0.15, 0.2) is 0 Å². The predicted octanol–water partition coefficient (Wildman–Crippen LogP) is 2.83. The average Bonchev–Trinajstić information content (AvgIpc) is 3.01. The number of aromatic carboxylic acids is 1. The quantitative estimate of drug-likeness (QED) is 0.754. The fraction of sp³-hybridized carbons (Fsp3) is 0.154. The van der Waals surface area contributed by atoms with Crippen LogP contribution in [-0.2, 0) is 0 Å². The lowest BCUT2D eigenvalue weighted by Gasteiger charge is -2.02. The van der Waals surface area contributed by atoms with Crippen LogP contribution in [0.25, 0.3) is 17.0 Å². The molecule has 0 saturated heterocycles. The number of nitrogens with one attached hydrogen (secondary N) is 1. The van der Waals surface area contributed by atoms with Crippen LogP contribution in [0.2, 0.25) is 0 Å². The Morgan fingerprint density at radius 1 is 1.40 bits per heavy atom. The SMILES string of the molecule is Cc1c(Br)cc2nc(-n3cc(C(=O)O)cn3)[nH]c2c1C. The third kappa shape index (κ3) is 1.90. The average molecular weight is 335 g/mol. The smallest absolute Gasteiger partial charge is 0.338 e. The third-order valence-corrected chi connectivity index (χ3v) is 4.15. The Bertz CT molecular complexity index is 834. The minimum atomic E-state index is -1.01. The number of hydrogen-bond acceptors (Lipinski definition) is 3. The molecule has 0 aliphatic heterocycles. The first-order valence-electron chi connectivity index (χ1n) is 5.91. The fourth-order valence-electron chi connectivity index (χ4n) is 2.02. The highest BCUT2D eigenvalue weighted by molar-refractivity contribution is 9.10. The van der Waals surface area contributed by atoms with E-state index >= 15 is 0 Å². The molecule has 7 heteroatoms. The minimum absolute atomic E-state index is 0.125. The number of nitrogens with zero attached hydrogens (tertiary/aromatic N) is 3. The van der Waals surface area contributed by atoms with Crippen molar-refractivity contribution in [3.8, 4) is 5.95 Å². The second kappa shape index (κ2) is 4.45. The molecule has 0 atom stereocenters. The van der Waals surface area contributed by atoms with Crippen molar-refractivity contribution in [2.45, 2.75) is 13.8 Å². The van der Waals surface area contributed by atoms with Gasteiger partial charge in [0.05, 0.1) is 22.8 Å². The normalized spacial score (nSPS) is 11.2. The van der Waals surface area contributed by atoms with Crippen LogP contribution in [0.1, 0.15) is 21.5 Å². The maximum absolute atomic E-state index is 10.9. The van der Waals surface area contributed by atoms with Crippen molar-refractivity contribution in [1.82, 2.24) is 19.7 Å². The number of aromatic amines is 1. The van der Waals surface area contributed by atoms with E-state index in [9.17, 15) is 4.79 Å². The van der Waals surface area contributed by atoms with Crippen LogP contribution in [0, 0.1) is 13.8 Å². The van der Waals surface area contributed by atoms with Gasteiger partial charge in [0.1, 0.15) is 0 Å². The summed E-state index contributed by atoms with van der Waals surface area (Å²) in [4.78, 5) is 18.5. The fourth-order valence-corrected chi connectivity index (χ4v) is 2.53. The van der Waals surface area contributed by atoms with Gasteiger partial charge in [0.2, 0.25) is 5.95 Å². The first-order valence-corrected chi connectivity index (χ1v) is 6.70. The van der Waals surface area contributed by atoms with E-state index in [0.717, 1.165) is 26.6 Å². The van der Waals surface area contributed by atoms with Gasteiger partial charge in [0, 0.05) is 10.7 Å². The number of fused-ring (bicyclic) bond motifs is 1. The third-order valence-electron chi connectivity index (χ3n) is 3.33. The van der Waals surface area contributed by atoms with Gasteiger partial charge in [-0.05, 0) is 31.0 Å². The number of rotatable bonds is 2. The van der Waals surface area contributed by atoms with Gasteiger partial charge in [-0.3, -0.25) is 0 Å². The second-order valence-electron chi connectivity index (χ2n) is 4.54. The zero-order chi connectivity index (χ0) is 14.4. The highest BCUT2D eigenvalue weighted by atomic mass is 79.9. The summed E-state index contributed by atoms with van der Waals surface area (Å²) in [5.74, 6) is -0.518. The maximum Gasteiger partial charge on any atom is 0.338 e.